The molecule has 1 fully saturated rings. The van der Waals surface area contributed by atoms with Crippen molar-refractivity contribution in [2.75, 3.05) is 18.0 Å². The molecule has 4 aromatic rings. The molecule has 1 saturated heterocycles. The minimum absolute atomic E-state index is 0.235. The molecule has 9 nitrogen and oxygen atoms in total. The summed E-state index contributed by atoms with van der Waals surface area (Å²) >= 11 is 0. The van der Waals surface area contributed by atoms with Crippen LogP contribution in [-0.2, 0) is 4.79 Å². The Balaban J connectivity index is 1.30. The van der Waals surface area contributed by atoms with Crippen molar-refractivity contribution in [3.05, 3.63) is 72.9 Å². The van der Waals surface area contributed by atoms with Gasteiger partial charge in [0.1, 0.15) is 11.5 Å². The van der Waals surface area contributed by atoms with Gasteiger partial charge in [0.25, 0.3) is 5.91 Å². The van der Waals surface area contributed by atoms with Gasteiger partial charge in [-0.05, 0) is 37.1 Å². The number of aromatic nitrogens is 3. The quantitative estimate of drug-likeness (QED) is 0.467. The second kappa shape index (κ2) is 9.07. The van der Waals surface area contributed by atoms with Crippen molar-refractivity contribution in [1.82, 2.24) is 25.8 Å². The van der Waals surface area contributed by atoms with Gasteiger partial charge in [-0.1, -0.05) is 18.2 Å². The van der Waals surface area contributed by atoms with Crippen molar-refractivity contribution in [2.24, 2.45) is 5.92 Å². The number of piperidine rings is 1. The van der Waals surface area contributed by atoms with Crippen molar-refractivity contribution < 1.29 is 14.0 Å². The molecular formula is C24H22N6O3. The van der Waals surface area contributed by atoms with Gasteiger partial charge in [-0.3, -0.25) is 25.4 Å². The Morgan fingerprint density at radius 3 is 2.82 bits per heavy atom. The number of furan rings is 1. The SMILES string of the molecule is O=C(NNC(=O)C1CCCN(c2cnccn2)C1)c1cc(-c2ccco2)nc2ccccc12. The van der Waals surface area contributed by atoms with E-state index in [4.69, 9.17) is 4.42 Å². The highest BCUT2D eigenvalue weighted by atomic mass is 16.3. The smallest absolute Gasteiger partial charge is 0.270 e. The number of nitrogens with one attached hydrogen (secondary N) is 2. The number of hydrazine groups is 1. The van der Waals surface area contributed by atoms with Crippen LogP contribution in [0.5, 0.6) is 0 Å². The van der Waals surface area contributed by atoms with E-state index in [9.17, 15) is 9.59 Å². The Hall–Kier alpha value is -4.27. The van der Waals surface area contributed by atoms with Crippen LogP contribution in [0.15, 0.2) is 71.7 Å². The number of para-hydroxylation sites is 1. The van der Waals surface area contributed by atoms with E-state index in [-0.39, 0.29) is 11.8 Å². The number of hydrogen-bond donors (Lipinski definition) is 2. The van der Waals surface area contributed by atoms with Crippen molar-refractivity contribution in [3.8, 4) is 11.5 Å². The predicted octanol–water partition coefficient (Wildman–Crippen LogP) is 2.96. The maximum absolute atomic E-state index is 13.0. The molecule has 166 valence electrons. The summed E-state index contributed by atoms with van der Waals surface area (Å²) in [5, 5.41) is 0.686. The molecule has 1 unspecified atom stereocenters. The topological polar surface area (TPSA) is 113 Å². The number of nitrogens with zero attached hydrogens (tertiary/aromatic N) is 4. The first kappa shape index (κ1) is 20.6. The van der Waals surface area contributed by atoms with Crippen LogP contribution in [0.1, 0.15) is 23.2 Å². The molecule has 33 heavy (non-hydrogen) atoms. The van der Waals surface area contributed by atoms with Gasteiger partial charge < -0.3 is 9.32 Å². The minimum Gasteiger partial charge on any atom is -0.463 e. The summed E-state index contributed by atoms with van der Waals surface area (Å²) in [5.74, 6) is 0.379. The molecule has 4 heterocycles. The number of rotatable bonds is 4. The molecule has 0 spiro atoms. The van der Waals surface area contributed by atoms with Gasteiger partial charge in [0.05, 0.1) is 29.5 Å². The van der Waals surface area contributed by atoms with Crippen LogP contribution in [0.25, 0.3) is 22.4 Å². The number of benzene rings is 1. The number of fused-ring (bicyclic) bond motifs is 1. The third kappa shape index (κ3) is 4.38. The number of pyridine rings is 1. The van der Waals surface area contributed by atoms with Gasteiger partial charge in [-0.2, -0.15) is 0 Å². The molecule has 1 atom stereocenters. The van der Waals surface area contributed by atoms with Gasteiger partial charge in [0.15, 0.2) is 5.76 Å². The summed E-state index contributed by atoms with van der Waals surface area (Å²) < 4.78 is 5.45. The monoisotopic (exact) mass is 442 g/mol. The third-order valence-corrected chi connectivity index (χ3v) is 5.70. The van der Waals surface area contributed by atoms with Crippen LogP contribution >= 0.6 is 0 Å². The fourth-order valence-corrected chi connectivity index (χ4v) is 4.06. The van der Waals surface area contributed by atoms with E-state index in [1.807, 2.05) is 29.2 Å². The first-order chi connectivity index (χ1) is 16.2. The van der Waals surface area contributed by atoms with E-state index in [1.54, 1.807) is 43.1 Å². The molecule has 0 radical (unpaired) electrons. The lowest BCUT2D eigenvalue weighted by Crippen LogP contribution is -2.49. The maximum atomic E-state index is 13.0. The van der Waals surface area contributed by atoms with E-state index in [2.05, 4.69) is 25.8 Å². The average molecular weight is 442 g/mol. The lowest BCUT2D eigenvalue weighted by Gasteiger charge is -2.32. The summed E-state index contributed by atoms with van der Waals surface area (Å²) in [4.78, 5) is 40.9. The zero-order chi connectivity index (χ0) is 22.6. The lowest BCUT2D eigenvalue weighted by atomic mass is 9.97. The van der Waals surface area contributed by atoms with E-state index >= 15 is 0 Å². The van der Waals surface area contributed by atoms with Gasteiger partial charge >= 0.3 is 0 Å². The largest absolute Gasteiger partial charge is 0.463 e. The Labute approximate surface area is 189 Å². The Morgan fingerprint density at radius 2 is 2.00 bits per heavy atom. The molecule has 1 aliphatic rings. The first-order valence-corrected chi connectivity index (χ1v) is 10.7. The Kier molecular flexibility index (Phi) is 5.67. The Morgan fingerprint density at radius 1 is 1.09 bits per heavy atom. The van der Waals surface area contributed by atoms with Crippen LogP contribution in [-0.4, -0.2) is 39.9 Å². The summed E-state index contributed by atoms with van der Waals surface area (Å²) in [6, 6.07) is 12.6. The van der Waals surface area contributed by atoms with Crippen molar-refractivity contribution in [2.45, 2.75) is 12.8 Å². The zero-order valence-corrected chi connectivity index (χ0v) is 17.8. The van der Waals surface area contributed by atoms with Gasteiger partial charge in [0, 0.05) is 30.9 Å². The molecular weight excluding hydrogens is 420 g/mol. The zero-order valence-electron chi connectivity index (χ0n) is 17.8. The standard InChI is InChI=1S/C24H22N6O3/c31-23(16-5-3-11-30(15-16)22-14-25-9-10-26-22)28-29-24(32)18-13-20(21-8-4-12-33-21)27-19-7-2-1-6-17(18)19/h1-2,4,6-10,12-14,16H,3,5,11,15H2,(H,28,31)(H,29,32). The van der Waals surface area contributed by atoms with E-state index in [0.717, 1.165) is 25.2 Å². The molecule has 5 rings (SSSR count). The number of carbonyl (C=O) groups is 2. The molecule has 0 aliphatic carbocycles. The second-order valence-corrected chi connectivity index (χ2v) is 7.84. The van der Waals surface area contributed by atoms with Crippen LogP contribution in [0.4, 0.5) is 5.82 Å². The molecule has 2 N–H and O–H groups in total. The fourth-order valence-electron chi connectivity index (χ4n) is 4.06. The molecule has 1 aromatic carbocycles. The van der Waals surface area contributed by atoms with Gasteiger partial charge in [-0.25, -0.2) is 9.97 Å². The summed E-state index contributed by atoms with van der Waals surface area (Å²) in [6.45, 7) is 1.33. The van der Waals surface area contributed by atoms with Crippen molar-refractivity contribution >= 4 is 28.5 Å². The highest BCUT2D eigenvalue weighted by Gasteiger charge is 2.27. The lowest BCUT2D eigenvalue weighted by molar-refractivity contribution is -0.126. The number of carbonyl (C=O) groups excluding carboxylic acids is 2. The van der Waals surface area contributed by atoms with Gasteiger partial charge in [0.2, 0.25) is 5.91 Å². The van der Waals surface area contributed by atoms with E-state index in [1.165, 1.54) is 0 Å². The molecule has 0 bridgehead atoms. The average Bonchev–Trinajstić information content (AvgIpc) is 3.42. The predicted molar refractivity (Wildman–Crippen MR) is 122 cm³/mol. The Bertz CT molecular complexity index is 1280. The molecule has 2 amide bonds. The number of amides is 2. The van der Waals surface area contributed by atoms with Crippen LogP contribution < -0.4 is 15.8 Å². The third-order valence-electron chi connectivity index (χ3n) is 5.70. The number of hydrogen-bond acceptors (Lipinski definition) is 7. The van der Waals surface area contributed by atoms with E-state index in [0.29, 0.717) is 34.5 Å². The normalized spacial score (nSPS) is 15.9. The van der Waals surface area contributed by atoms with Crippen LogP contribution in [0.2, 0.25) is 0 Å². The summed E-state index contributed by atoms with van der Waals surface area (Å²) in [7, 11) is 0. The van der Waals surface area contributed by atoms with Crippen molar-refractivity contribution in [3.63, 3.8) is 0 Å². The second-order valence-electron chi connectivity index (χ2n) is 7.84. The van der Waals surface area contributed by atoms with Crippen LogP contribution in [0, 0.1) is 5.92 Å². The highest BCUT2D eigenvalue weighted by Crippen LogP contribution is 2.25. The first-order valence-electron chi connectivity index (χ1n) is 10.7. The van der Waals surface area contributed by atoms with Gasteiger partial charge in [-0.15, -0.1) is 0 Å². The summed E-state index contributed by atoms with van der Waals surface area (Å²) in [5.41, 5.74) is 6.77. The number of anilines is 1. The van der Waals surface area contributed by atoms with Crippen molar-refractivity contribution in [1.29, 1.82) is 0 Å². The summed E-state index contributed by atoms with van der Waals surface area (Å²) in [6.07, 6.45) is 8.08. The van der Waals surface area contributed by atoms with Crippen LogP contribution in [0.3, 0.4) is 0 Å². The van der Waals surface area contributed by atoms with E-state index < -0.39 is 5.91 Å². The molecule has 0 saturated carbocycles. The minimum atomic E-state index is -0.420. The molecule has 3 aromatic heterocycles. The maximum Gasteiger partial charge on any atom is 0.270 e. The molecule has 1 aliphatic heterocycles. The molecule has 9 heteroatoms. The highest BCUT2D eigenvalue weighted by molar-refractivity contribution is 6.07. The fraction of sp³-hybridized carbons (Fsp3) is 0.208.